The quantitative estimate of drug-likeness (QED) is 0.626. The molecular weight excluding hydrogens is 391 g/mol. The van der Waals surface area contributed by atoms with E-state index in [0.29, 0.717) is 50.7 Å². The van der Waals surface area contributed by atoms with E-state index in [9.17, 15) is 4.79 Å². The average Bonchev–Trinajstić information content (AvgIpc) is 2.58. The number of nitrogens with zero attached hydrogens (tertiary/aromatic N) is 2. The van der Waals surface area contributed by atoms with E-state index in [4.69, 9.17) is 35.4 Å². The van der Waals surface area contributed by atoms with Crippen LogP contribution >= 0.6 is 35.4 Å². The number of aromatic nitrogens is 2. The second kappa shape index (κ2) is 8.03. The number of aromatic amines is 1. The number of nitrogens with one attached hydrogen (secondary N) is 2. The molecule has 2 aromatic carbocycles. The first-order chi connectivity index (χ1) is 12.5. The molecule has 134 valence electrons. The Kier molecular flexibility index (Phi) is 5.76. The van der Waals surface area contributed by atoms with Crippen molar-refractivity contribution in [2.24, 2.45) is 0 Å². The second-order valence-corrected chi connectivity index (χ2v) is 6.89. The third kappa shape index (κ3) is 4.33. The lowest BCUT2D eigenvalue weighted by molar-refractivity contribution is 0.429. The zero-order valence-electron chi connectivity index (χ0n) is 13.9. The number of halogens is 2. The van der Waals surface area contributed by atoms with Gasteiger partial charge in [-0.3, -0.25) is 4.79 Å². The van der Waals surface area contributed by atoms with Crippen LogP contribution in [0.15, 0.2) is 47.3 Å². The van der Waals surface area contributed by atoms with Gasteiger partial charge in [-0.1, -0.05) is 35.3 Å². The summed E-state index contributed by atoms with van der Waals surface area (Å²) in [5, 5.41) is 5.21. The molecule has 1 aromatic heterocycles. The predicted molar refractivity (Wildman–Crippen MR) is 111 cm³/mol. The lowest BCUT2D eigenvalue weighted by Crippen LogP contribution is -2.35. The summed E-state index contributed by atoms with van der Waals surface area (Å²) in [5.41, 5.74) is 1.19. The third-order valence-electron chi connectivity index (χ3n) is 3.79. The smallest absolute Gasteiger partial charge is 0.258 e. The van der Waals surface area contributed by atoms with E-state index in [2.05, 4.69) is 15.3 Å². The fourth-order valence-corrected chi connectivity index (χ4v) is 3.38. The van der Waals surface area contributed by atoms with Gasteiger partial charge in [0.05, 0.1) is 17.4 Å². The maximum Gasteiger partial charge on any atom is 0.258 e. The zero-order chi connectivity index (χ0) is 18.7. The lowest BCUT2D eigenvalue weighted by atomic mass is 10.2. The minimum Gasteiger partial charge on any atom is -0.342 e. The van der Waals surface area contributed by atoms with Crippen LogP contribution < -0.4 is 10.9 Å². The lowest BCUT2D eigenvalue weighted by Gasteiger charge is -2.24. The van der Waals surface area contributed by atoms with Gasteiger partial charge < -0.3 is 15.2 Å². The van der Waals surface area contributed by atoms with Crippen molar-refractivity contribution >= 4 is 57.1 Å². The van der Waals surface area contributed by atoms with Crippen LogP contribution in [-0.4, -0.2) is 26.5 Å². The molecule has 0 amide bonds. The number of H-pyrrole nitrogens is 1. The SMILES string of the molecule is CCN(Cc1nc2ccccc2c(=O)[nH]1)C(=S)Nc1cc(Cl)cc(Cl)c1. The van der Waals surface area contributed by atoms with Gasteiger partial charge in [-0.25, -0.2) is 4.98 Å². The Labute approximate surface area is 166 Å². The molecule has 2 N–H and O–H groups in total. The van der Waals surface area contributed by atoms with E-state index < -0.39 is 0 Å². The molecule has 0 aliphatic heterocycles. The summed E-state index contributed by atoms with van der Waals surface area (Å²) in [4.78, 5) is 21.4. The normalized spacial score (nSPS) is 10.7. The van der Waals surface area contributed by atoms with Crippen molar-refractivity contribution in [3.05, 3.63) is 68.7 Å². The molecule has 0 atom stereocenters. The number of thiocarbonyl (C=S) groups is 1. The third-order valence-corrected chi connectivity index (χ3v) is 4.58. The molecule has 8 heteroatoms. The molecule has 0 fully saturated rings. The van der Waals surface area contributed by atoms with Crippen molar-refractivity contribution in [1.29, 1.82) is 0 Å². The molecule has 0 saturated carbocycles. The number of rotatable bonds is 4. The highest BCUT2D eigenvalue weighted by atomic mass is 35.5. The number of hydrogen-bond donors (Lipinski definition) is 2. The molecule has 0 aliphatic rings. The van der Waals surface area contributed by atoms with Crippen LogP contribution in [0.5, 0.6) is 0 Å². The molecule has 0 spiro atoms. The van der Waals surface area contributed by atoms with Crippen molar-refractivity contribution in [3.63, 3.8) is 0 Å². The van der Waals surface area contributed by atoms with E-state index in [1.807, 2.05) is 30.0 Å². The van der Waals surface area contributed by atoms with Crippen LogP contribution in [0.1, 0.15) is 12.7 Å². The van der Waals surface area contributed by atoms with Crippen molar-refractivity contribution < 1.29 is 0 Å². The van der Waals surface area contributed by atoms with Gasteiger partial charge in [-0.15, -0.1) is 0 Å². The van der Waals surface area contributed by atoms with Crippen LogP contribution in [-0.2, 0) is 6.54 Å². The predicted octanol–water partition coefficient (Wildman–Crippen LogP) is 4.45. The summed E-state index contributed by atoms with van der Waals surface area (Å²) < 4.78 is 0. The fraction of sp³-hybridized carbons (Fsp3) is 0.167. The van der Waals surface area contributed by atoms with Crippen LogP contribution in [0, 0.1) is 0 Å². The van der Waals surface area contributed by atoms with Crippen LogP contribution in [0.25, 0.3) is 10.9 Å². The van der Waals surface area contributed by atoms with Crippen molar-refractivity contribution in [3.8, 4) is 0 Å². The number of hydrogen-bond acceptors (Lipinski definition) is 3. The van der Waals surface area contributed by atoms with Gasteiger partial charge in [0.1, 0.15) is 5.82 Å². The van der Waals surface area contributed by atoms with Gasteiger partial charge in [-0.2, -0.15) is 0 Å². The Morgan fingerprint density at radius 1 is 1.23 bits per heavy atom. The summed E-state index contributed by atoms with van der Waals surface area (Å²) in [5.74, 6) is 0.545. The summed E-state index contributed by atoms with van der Waals surface area (Å²) in [6, 6.07) is 12.4. The van der Waals surface area contributed by atoms with Crippen molar-refractivity contribution in [1.82, 2.24) is 14.9 Å². The molecule has 5 nitrogen and oxygen atoms in total. The van der Waals surface area contributed by atoms with Gasteiger partial charge in [0.25, 0.3) is 5.56 Å². The first-order valence-electron chi connectivity index (χ1n) is 7.96. The highest BCUT2D eigenvalue weighted by molar-refractivity contribution is 7.80. The minimum atomic E-state index is -0.165. The number of benzene rings is 2. The Morgan fingerprint density at radius 3 is 2.62 bits per heavy atom. The van der Waals surface area contributed by atoms with Gasteiger partial charge in [0.2, 0.25) is 0 Å². The zero-order valence-corrected chi connectivity index (χ0v) is 16.3. The maximum atomic E-state index is 12.2. The number of fused-ring (bicyclic) bond motifs is 1. The van der Waals surface area contributed by atoms with E-state index >= 15 is 0 Å². The van der Waals surface area contributed by atoms with Crippen molar-refractivity contribution in [2.75, 3.05) is 11.9 Å². The molecule has 3 rings (SSSR count). The van der Waals surface area contributed by atoms with Gasteiger partial charge in [0, 0.05) is 22.3 Å². The van der Waals surface area contributed by atoms with Crippen LogP contribution in [0.3, 0.4) is 0 Å². The first-order valence-corrected chi connectivity index (χ1v) is 9.12. The monoisotopic (exact) mass is 406 g/mol. The highest BCUT2D eigenvalue weighted by Gasteiger charge is 2.12. The van der Waals surface area contributed by atoms with E-state index in [-0.39, 0.29) is 5.56 Å². The number of para-hydroxylation sites is 1. The van der Waals surface area contributed by atoms with Gasteiger partial charge in [-0.05, 0) is 49.5 Å². The average molecular weight is 407 g/mol. The molecule has 26 heavy (non-hydrogen) atoms. The second-order valence-electron chi connectivity index (χ2n) is 5.63. The molecule has 0 saturated heterocycles. The minimum absolute atomic E-state index is 0.165. The van der Waals surface area contributed by atoms with Gasteiger partial charge in [0.15, 0.2) is 5.11 Å². The molecule has 1 heterocycles. The van der Waals surface area contributed by atoms with Gasteiger partial charge >= 0.3 is 0 Å². The summed E-state index contributed by atoms with van der Waals surface area (Å²) in [7, 11) is 0. The van der Waals surface area contributed by atoms with E-state index in [1.54, 1.807) is 24.3 Å². The van der Waals surface area contributed by atoms with Crippen LogP contribution in [0.2, 0.25) is 10.0 Å². The molecule has 0 unspecified atom stereocenters. The molecule has 3 aromatic rings. The molecule has 0 radical (unpaired) electrons. The molecule has 0 bridgehead atoms. The molecule has 0 aliphatic carbocycles. The first kappa shape index (κ1) is 18.6. The van der Waals surface area contributed by atoms with E-state index in [0.717, 1.165) is 0 Å². The highest BCUT2D eigenvalue weighted by Crippen LogP contribution is 2.22. The van der Waals surface area contributed by atoms with Crippen LogP contribution in [0.4, 0.5) is 5.69 Å². The number of anilines is 1. The summed E-state index contributed by atoms with van der Waals surface area (Å²) >= 11 is 17.5. The standard InChI is InChI=1S/C18H16Cl2N4OS/c1-2-24(18(26)21-13-8-11(19)7-12(20)9-13)10-16-22-15-6-4-3-5-14(15)17(25)23-16/h3-9H,2,10H2,1H3,(H,21,26)(H,22,23,25). The Balaban J connectivity index is 1.80. The fourth-order valence-electron chi connectivity index (χ4n) is 2.55. The topological polar surface area (TPSA) is 61.0 Å². The molecular formula is C18H16Cl2N4OS. The Hall–Kier alpha value is -2.15. The van der Waals surface area contributed by atoms with E-state index in [1.165, 1.54) is 0 Å². The largest absolute Gasteiger partial charge is 0.342 e. The maximum absolute atomic E-state index is 12.2. The Morgan fingerprint density at radius 2 is 1.92 bits per heavy atom. The Bertz CT molecular complexity index is 1000. The summed E-state index contributed by atoms with van der Waals surface area (Å²) in [6.07, 6.45) is 0. The van der Waals surface area contributed by atoms with Crippen molar-refractivity contribution in [2.45, 2.75) is 13.5 Å². The summed E-state index contributed by atoms with van der Waals surface area (Å²) in [6.45, 7) is 2.98.